The molecule has 1 heterocycles. The molecule has 0 saturated carbocycles. The van der Waals surface area contributed by atoms with Crippen molar-refractivity contribution in [2.75, 3.05) is 0 Å². The number of carbonyl (C=O) groups is 1. The first-order chi connectivity index (χ1) is 8.90. The second-order valence-corrected chi connectivity index (χ2v) is 4.72. The third-order valence-electron chi connectivity index (χ3n) is 2.59. The second-order valence-electron chi connectivity index (χ2n) is 3.80. The zero-order valence-electron chi connectivity index (χ0n) is 9.70. The minimum atomic E-state index is -1.23. The highest BCUT2D eigenvalue weighted by molar-refractivity contribution is 9.10. The standard InChI is InChI=1S/C11H8BrN3O4/c1-6-9(14-5-8(12)4-13-14)2-7(11(16)17)3-10(6)15(18)19/h2-5H,1H3,(H,16,17). The number of hydrogen-bond acceptors (Lipinski definition) is 4. The van der Waals surface area contributed by atoms with E-state index in [9.17, 15) is 14.9 Å². The molecule has 2 rings (SSSR count). The number of aromatic carboxylic acids is 1. The van der Waals surface area contributed by atoms with Gasteiger partial charge in [-0.3, -0.25) is 10.1 Å². The number of rotatable bonds is 3. The van der Waals surface area contributed by atoms with Crippen LogP contribution in [0.1, 0.15) is 15.9 Å². The zero-order valence-corrected chi connectivity index (χ0v) is 11.3. The van der Waals surface area contributed by atoms with Gasteiger partial charge >= 0.3 is 5.97 Å². The second kappa shape index (κ2) is 4.81. The lowest BCUT2D eigenvalue weighted by molar-refractivity contribution is -0.385. The van der Waals surface area contributed by atoms with Crippen LogP contribution in [0.5, 0.6) is 0 Å². The van der Waals surface area contributed by atoms with E-state index in [1.807, 2.05) is 0 Å². The summed E-state index contributed by atoms with van der Waals surface area (Å²) in [5.41, 5.74) is 0.309. The van der Waals surface area contributed by atoms with E-state index in [0.29, 0.717) is 15.7 Å². The van der Waals surface area contributed by atoms with Gasteiger partial charge in [-0.05, 0) is 28.9 Å². The molecule has 98 valence electrons. The molecule has 1 aromatic heterocycles. The largest absolute Gasteiger partial charge is 0.478 e. The molecule has 0 bridgehead atoms. The van der Waals surface area contributed by atoms with Crippen molar-refractivity contribution < 1.29 is 14.8 Å². The lowest BCUT2D eigenvalue weighted by atomic mass is 10.1. The van der Waals surface area contributed by atoms with Crippen molar-refractivity contribution in [2.24, 2.45) is 0 Å². The van der Waals surface area contributed by atoms with Gasteiger partial charge in [-0.1, -0.05) is 0 Å². The highest BCUT2D eigenvalue weighted by atomic mass is 79.9. The number of hydrogen-bond donors (Lipinski definition) is 1. The van der Waals surface area contributed by atoms with E-state index in [-0.39, 0.29) is 11.3 Å². The predicted octanol–water partition coefficient (Wildman–Crippen LogP) is 2.55. The van der Waals surface area contributed by atoms with Crippen molar-refractivity contribution >= 4 is 27.6 Å². The molecule has 0 fully saturated rings. The maximum absolute atomic E-state index is 11.0. The molecule has 1 N–H and O–H groups in total. The summed E-state index contributed by atoms with van der Waals surface area (Å²) in [6.07, 6.45) is 3.11. The van der Waals surface area contributed by atoms with E-state index in [1.165, 1.54) is 16.9 Å². The Kier molecular flexibility index (Phi) is 3.34. The van der Waals surface area contributed by atoms with Gasteiger partial charge in [0.05, 0.1) is 32.4 Å². The molecule has 2 aromatic rings. The summed E-state index contributed by atoms with van der Waals surface area (Å²) in [5.74, 6) is -1.23. The average Bonchev–Trinajstić information content (AvgIpc) is 2.75. The number of aromatic nitrogens is 2. The topological polar surface area (TPSA) is 98.3 Å². The molecule has 0 spiro atoms. The van der Waals surface area contributed by atoms with E-state index in [0.717, 1.165) is 6.07 Å². The number of benzene rings is 1. The summed E-state index contributed by atoms with van der Waals surface area (Å²) < 4.78 is 2.08. The van der Waals surface area contributed by atoms with Crippen LogP contribution in [-0.4, -0.2) is 25.8 Å². The minimum Gasteiger partial charge on any atom is -0.478 e. The van der Waals surface area contributed by atoms with Crippen LogP contribution in [-0.2, 0) is 0 Å². The SMILES string of the molecule is Cc1c(-n2cc(Br)cn2)cc(C(=O)O)cc1[N+](=O)[O-]. The Morgan fingerprint density at radius 3 is 2.68 bits per heavy atom. The fourth-order valence-corrected chi connectivity index (χ4v) is 1.95. The number of nitro benzene ring substituents is 1. The number of carboxylic acid groups (broad SMARTS) is 1. The van der Waals surface area contributed by atoms with Gasteiger partial charge < -0.3 is 5.11 Å². The Labute approximate surface area is 115 Å². The van der Waals surface area contributed by atoms with Gasteiger partial charge in [0.25, 0.3) is 5.69 Å². The summed E-state index contributed by atoms with van der Waals surface area (Å²) in [4.78, 5) is 21.4. The third-order valence-corrected chi connectivity index (χ3v) is 3.00. The Balaban J connectivity index is 2.72. The smallest absolute Gasteiger partial charge is 0.336 e. The highest BCUT2D eigenvalue weighted by Gasteiger charge is 2.20. The van der Waals surface area contributed by atoms with Gasteiger partial charge in [0.2, 0.25) is 0 Å². The molecular weight excluding hydrogens is 318 g/mol. The Morgan fingerprint density at radius 2 is 2.21 bits per heavy atom. The molecule has 0 aliphatic rings. The number of nitro groups is 1. The minimum absolute atomic E-state index is 0.154. The van der Waals surface area contributed by atoms with Crippen LogP contribution in [0.2, 0.25) is 0 Å². The molecule has 0 amide bonds. The Hall–Kier alpha value is -2.22. The molecule has 0 saturated heterocycles. The molecule has 1 aromatic carbocycles. The van der Waals surface area contributed by atoms with Crippen LogP contribution in [0.4, 0.5) is 5.69 Å². The van der Waals surface area contributed by atoms with E-state index in [4.69, 9.17) is 5.11 Å². The summed E-state index contributed by atoms with van der Waals surface area (Å²) in [6.45, 7) is 1.55. The maximum atomic E-state index is 11.0. The van der Waals surface area contributed by atoms with Crippen LogP contribution >= 0.6 is 15.9 Å². The van der Waals surface area contributed by atoms with Gasteiger partial charge in [0.1, 0.15) is 0 Å². The first-order valence-corrected chi connectivity index (χ1v) is 5.92. The molecule has 0 unspecified atom stereocenters. The van der Waals surface area contributed by atoms with Crippen LogP contribution in [0.25, 0.3) is 5.69 Å². The van der Waals surface area contributed by atoms with E-state index < -0.39 is 10.9 Å². The van der Waals surface area contributed by atoms with E-state index >= 15 is 0 Å². The van der Waals surface area contributed by atoms with Crippen molar-refractivity contribution in [1.82, 2.24) is 9.78 Å². The Morgan fingerprint density at radius 1 is 1.53 bits per heavy atom. The maximum Gasteiger partial charge on any atom is 0.336 e. The molecule has 0 radical (unpaired) electrons. The van der Waals surface area contributed by atoms with Crippen molar-refractivity contribution in [3.63, 3.8) is 0 Å². The predicted molar refractivity (Wildman–Crippen MR) is 69.6 cm³/mol. The number of halogens is 1. The molecule has 19 heavy (non-hydrogen) atoms. The van der Waals surface area contributed by atoms with Crippen molar-refractivity contribution in [3.8, 4) is 5.69 Å². The van der Waals surface area contributed by atoms with Gasteiger partial charge in [0, 0.05) is 12.3 Å². The first-order valence-electron chi connectivity index (χ1n) is 5.13. The molecule has 0 atom stereocenters. The van der Waals surface area contributed by atoms with Crippen LogP contribution in [0.15, 0.2) is 29.0 Å². The van der Waals surface area contributed by atoms with Gasteiger partial charge in [0.15, 0.2) is 0 Å². The normalized spacial score (nSPS) is 10.4. The van der Waals surface area contributed by atoms with Gasteiger partial charge in [-0.2, -0.15) is 5.10 Å². The van der Waals surface area contributed by atoms with E-state index in [2.05, 4.69) is 21.0 Å². The summed E-state index contributed by atoms with van der Waals surface area (Å²) in [5, 5.41) is 24.0. The zero-order chi connectivity index (χ0) is 14.2. The number of carboxylic acids is 1. The summed E-state index contributed by atoms with van der Waals surface area (Å²) in [7, 11) is 0. The van der Waals surface area contributed by atoms with Gasteiger partial charge in [-0.15, -0.1) is 0 Å². The van der Waals surface area contributed by atoms with Crippen molar-refractivity contribution in [3.05, 3.63) is 50.2 Å². The summed E-state index contributed by atoms with van der Waals surface area (Å²) >= 11 is 3.22. The van der Waals surface area contributed by atoms with Crippen LogP contribution < -0.4 is 0 Å². The van der Waals surface area contributed by atoms with Crippen molar-refractivity contribution in [2.45, 2.75) is 6.92 Å². The van der Waals surface area contributed by atoms with Crippen LogP contribution in [0, 0.1) is 17.0 Å². The summed E-state index contributed by atoms with van der Waals surface area (Å²) in [6, 6.07) is 2.39. The molecule has 0 aliphatic heterocycles. The highest BCUT2D eigenvalue weighted by Crippen LogP contribution is 2.27. The van der Waals surface area contributed by atoms with E-state index in [1.54, 1.807) is 13.1 Å². The third kappa shape index (κ3) is 2.48. The van der Waals surface area contributed by atoms with Gasteiger partial charge in [-0.25, -0.2) is 9.48 Å². The molecule has 8 heteroatoms. The first kappa shape index (κ1) is 13.2. The molecular formula is C11H8BrN3O4. The molecule has 7 nitrogen and oxygen atoms in total. The average molecular weight is 326 g/mol. The quantitative estimate of drug-likeness (QED) is 0.690. The fourth-order valence-electron chi connectivity index (χ4n) is 1.67. The Bertz CT molecular complexity index is 681. The van der Waals surface area contributed by atoms with Crippen molar-refractivity contribution in [1.29, 1.82) is 0 Å². The van der Waals surface area contributed by atoms with Crippen LogP contribution in [0.3, 0.4) is 0 Å². The molecule has 0 aliphatic carbocycles. The fraction of sp³-hybridized carbons (Fsp3) is 0.0909. The monoisotopic (exact) mass is 325 g/mol. The lowest BCUT2D eigenvalue weighted by Gasteiger charge is -2.08. The lowest BCUT2D eigenvalue weighted by Crippen LogP contribution is -2.06. The number of nitrogens with zero attached hydrogens (tertiary/aromatic N) is 3.